The van der Waals surface area contributed by atoms with E-state index < -0.39 is 0 Å². The fourth-order valence-corrected chi connectivity index (χ4v) is 3.48. The molecule has 2 aromatic rings. The number of amides is 1. The number of rotatable bonds is 4. The molecule has 0 saturated carbocycles. The largest absolute Gasteiger partial charge is 0.497 e. The maximum absolute atomic E-state index is 12.7. The lowest BCUT2D eigenvalue weighted by atomic mass is 9.90. The first kappa shape index (κ1) is 16.6. The van der Waals surface area contributed by atoms with Gasteiger partial charge in [-0.2, -0.15) is 0 Å². The van der Waals surface area contributed by atoms with Gasteiger partial charge in [0.15, 0.2) is 0 Å². The van der Waals surface area contributed by atoms with E-state index in [1.54, 1.807) is 7.11 Å². The van der Waals surface area contributed by atoms with E-state index in [0.29, 0.717) is 5.92 Å². The van der Waals surface area contributed by atoms with Gasteiger partial charge in [0.05, 0.1) is 12.7 Å². The van der Waals surface area contributed by atoms with Gasteiger partial charge in [-0.1, -0.05) is 12.1 Å². The summed E-state index contributed by atoms with van der Waals surface area (Å²) in [6.45, 7) is 3.70. The predicted molar refractivity (Wildman–Crippen MR) is 95.5 cm³/mol. The molecule has 4 nitrogen and oxygen atoms in total. The molecule has 1 aromatic heterocycles. The van der Waals surface area contributed by atoms with Crippen LogP contribution in [0, 0.1) is 12.8 Å². The Morgan fingerprint density at radius 1 is 1.25 bits per heavy atom. The maximum Gasteiger partial charge on any atom is 0.255 e. The molecule has 1 saturated heterocycles. The minimum atomic E-state index is 0.174. The van der Waals surface area contributed by atoms with Gasteiger partial charge < -0.3 is 14.2 Å². The third-order valence-corrected chi connectivity index (χ3v) is 5.17. The number of benzene rings is 1. The molecule has 0 bridgehead atoms. The van der Waals surface area contributed by atoms with Gasteiger partial charge in [-0.05, 0) is 55.9 Å². The molecule has 0 N–H and O–H groups in total. The van der Waals surface area contributed by atoms with E-state index in [1.165, 1.54) is 5.56 Å². The lowest BCUT2D eigenvalue weighted by Crippen LogP contribution is -2.39. The summed E-state index contributed by atoms with van der Waals surface area (Å²) in [6, 6.07) is 10.2. The van der Waals surface area contributed by atoms with Gasteiger partial charge in [0.2, 0.25) is 0 Å². The van der Waals surface area contributed by atoms with E-state index >= 15 is 0 Å². The Labute approximate surface area is 144 Å². The molecule has 0 atom stereocenters. The highest BCUT2D eigenvalue weighted by Crippen LogP contribution is 2.25. The number of nitrogens with zero attached hydrogens (tertiary/aromatic N) is 2. The van der Waals surface area contributed by atoms with Crippen LogP contribution in [0.2, 0.25) is 0 Å². The summed E-state index contributed by atoms with van der Waals surface area (Å²) in [7, 11) is 3.68. The van der Waals surface area contributed by atoms with Crippen molar-refractivity contribution in [1.82, 2.24) is 9.47 Å². The van der Waals surface area contributed by atoms with Crippen molar-refractivity contribution in [2.45, 2.75) is 26.2 Å². The summed E-state index contributed by atoms with van der Waals surface area (Å²) in [5.41, 5.74) is 3.19. The Morgan fingerprint density at radius 2 is 2.00 bits per heavy atom. The molecule has 1 aliphatic rings. The number of piperidine rings is 1. The molecule has 1 aromatic carbocycles. The van der Waals surface area contributed by atoms with Crippen LogP contribution >= 0.6 is 0 Å². The standard InChI is InChI=1S/C20H26N2O2/c1-15-19(9-10-21(15)2)20(23)22-11-7-16(8-12-22)13-17-5-4-6-18(14-17)24-3/h4-6,9-10,14,16H,7-8,11-13H2,1-3H3. The second kappa shape index (κ2) is 7.12. The topological polar surface area (TPSA) is 34.5 Å². The van der Waals surface area contributed by atoms with Crippen LogP contribution in [0.3, 0.4) is 0 Å². The summed E-state index contributed by atoms with van der Waals surface area (Å²) < 4.78 is 7.30. The minimum Gasteiger partial charge on any atom is -0.497 e. The quantitative estimate of drug-likeness (QED) is 0.862. The number of methoxy groups -OCH3 is 1. The van der Waals surface area contributed by atoms with Crippen molar-refractivity contribution < 1.29 is 9.53 Å². The highest BCUT2D eigenvalue weighted by atomic mass is 16.5. The Bertz CT molecular complexity index is 712. The lowest BCUT2D eigenvalue weighted by molar-refractivity contribution is 0.0690. The van der Waals surface area contributed by atoms with Crippen molar-refractivity contribution in [3.63, 3.8) is 0 Å². The van der Waals surface area contributed by atoms with Crippen molar-refractivity contribution in [1.29, 1.82) is 0 Å². The molecule has 1 aliphatic heterocycles. The number of hydrogen-bond acceptors (Lipinski definition) is 2. The average Bonchev–Trinajstić information content (AvgIpc) is 2.94. The van der Waals surface area contributed by atoms with Crippen LogP contribution in [0.5, 0.6) is 5.75 Å². The maximum atomic E-state index is 12.7. The molecule has 128 valence electrons. The van der Waals surface area contributed by atoms with Gasteiger partial charge in [-0.15, -0.1) is 0 Å². The van der Waals surface area contributed by atoms with Gasteiger partial charge in [0.25, 0.3) is 5.91 Å². The Morgan fingerprint density at radius 3 is 2.62 bits per heavy atom. The van der Waals surface area contributed by atoms with Gasteiger partial charge in [0.1, 0.15) is 5.75 Å². The zero-order valence-corrected chi connectivity index (χ0v) is 14.8. The second-order valence-electron chi connectivity index (χ2n) is 6.72. The predicted octanol–water partition coefficient (Wildman–Crippen LogP) is 3.44. The van der Waals surface area contributed by atoms with Gasteiger partial charge in [-0.25, -0.2) is 0 Å². The van der Waals surface area contributed by atoms with Crippen LogP contribution in [0.15, 0.2) is 36.5 Å². The third-order valence-electron chi connectivity index (χ3n) is 5.17. The monoisotopic (exact) mass is 326 g/mol. The van der Waals surface area contributed by atoms with Crippen molar-refractivity contribution >= 4 is 5.91 Å². The molecule has 1 amide bonds. The molecule has 2 heterocycles. The van der Waals surface area contributed by atoms with E-state index in [0.717, 1.165) is 49.4 Å². The van der Waals surface area contributed by atoms with Crippen LogP contribution in [0.25, 0.3) is 0 Å². The summed E-state index contributed by atoms with van der Waals surface area (Å²) in [5, 5.41) is 0. The highest BCUT2D eigenvalue weighted by molar-refractivity contribution is 5.95. The van der Waals surface area contributed by atoms with Crippen LogP contribution in [0.1, 0.15) is 34.5 Å². The number of aromatic nitrogens is 1. The van der Waals surface area contributed by atoms with Crippen LogP contribution in [0.4, 0.5) is 0 Å². The van der Waals surface area contributed by atoms with Crippen molar-refractivity contribution in [2.75, 3.05) is 20.2 Å². The molecule has 3 rings (SSSR count). The fourth-order valence-electron chi connectivity index (χ4n) is 3.48. The Balaban J connectivity index is 1.57. The normalized spacial score (nSPS) is 15.5. The molecule has 0 spiro atoms. The third kappa shape index (κ3) is 3.48. The van der Waals surface area contributed by atoms with E-state index in [2.05, 4.69) is 12.1 Å². The highest BCUT2D eigenvalue weighted by Gasteiger charge is 2.25. The first-order valence-corrected chi connectivity index (χ1v) is 8.62. The van der Waals surface area contributed by atoms with E-state index in [-0.39, 0.29) is 5.91 Å². The molecule has 0 radical (unpaired) electrons. The Kier molecular flexibility index (Phi) is 4.93. The zero-order chi connectivity index (χ0) is 17.1. The molecular weight excluding hydrogens is 300 g/mol. The Hall–Kier alpha value is -2.23. The van der Waals surface area contributed by atoms with Gasteiger partial charge >= 0.3 is 0 Å². The number of carbonyl (C=O) groups excluding carboxylic acids is 1. The second-order valence-corrected chi connectivity index (χ2v) is 6.72. The molecule has 0 aliphatic carbocycles. The first-order chi connectivity index (χ1) is 11.6. The fraction of sp³-hybridized carbons (Fsp3) is 0.450. The molecule has 0 unspecified atom stereocenters. The van der Waals surface area contributed by atoms with Crippen LogP contribution < -0.4 is 4.74 Å². The molecule has 1 fully saturated rings. The van der Waals surface area contributed by atoms with E-state index in [9.17, 15) is 4.79 Å². The average molecular weight is 326 g/mol. The summed E-state index contributed by atoms with van der Waals surface area (Å²) in [4.78, 5) is 14.7. The minimum absolute atomic E-state index is 0.174. The molecule has 4 heteroatoms. The smallest absolute Gasteiger partial charge is 0.255 e. The summed E-state index contributed by atoms with van der Waals surface area (Å²) >= 11 is 0. The number of carbonyl (C=O) groups is 1. The summed E-state index contributed by atoms with van der Waals surface area (Å²) in [5.74, 6) is 1.73. The zero-order valence-electron chi connectivity index (χ0n) is 14.8. The number of hydrogen-bond donors (Lipinski definition) is 0. The number of aryl methyl sites for hydroxylation is 1. The van der Waals surface area contributed by atoms with Crippen LogP contribution in [-0.4, -0.2) is 35.6 Å². The number of ether oxygens (including phenoxy) is 1. The van der Waals surface area contributed by atoms with Crippen molar-refractivity contribution in [3.8, 4) is 5.75 Å². The van der Waals surface area contributed by atoms with Crippen LogP contribution in [-0.2, 0) is 13.5 Å². The van der Waals surface area contributed by atoms with Gasteiger partial charge in [0, 0.05) is 32.0 Å². The first-order valence-electron chi connectivity index (χ1n) is 8.62. The van der Waals surface area contributed by atoms with E-state index in [1.807, 2.05) is 47.8 Å². The SMILES string of the molecule is COc1cccc(CC2CCN(C(=O)c3ccn(C)c3C)CC2)c1. The van der Waals surface area contributed by atoms with Crippen molar-refractivity contribution in [3.05, 3.63) is 53.3 Å². The summed E-state index contributed by atoms with van der Waals surface area (Å²) in [6.07, 6.45) is 5.14. The van der Waals surface area contributed by atoms with Crippen molar-refractivity contribution in [2.24, 2.45) is 13.0 Å². The number of likely N-dealkylation sites (tertiary alicyclic amines) is 1. The lowest BCUT2D eigenvalue weighted by Gasteiger charge is -2.32. The van der Waals surface area contributed by atoms with E-state index in [4.69, 9.17) is 4.74 Å². The molecular formula is C20H26N2O2. The molecule has 24 heavy (non-hydrogen) atoms. The van der Waals surface area contributed by atoms with Gasteiger partial charge in [-0.3, -0.25) is 4.79 Å².